The monoisotopic (exact) mass is 433 g/mol. The normalized spacial score (nSPS) is 14.6. The van der Waals surface area contributed by atoms with Gasteiger partial charge in [0.2, 0.25) is 5.91 Å². The van der Waals surface area contributed by atoms with Gasteiger partial charge >= 0.3 is 5.97 Å². The van der Waals surface area contributed by atoms with Crippen molar-refractivity contribution in [2.24, 2.45) is 5.92 Å². The van der Waals surface area contributed by atoms with E-state index in [1.165, 1.54) is 0 Å². The SMILES string of the molecule is O=C(OCC(=O)N1CCC(C(=O)Nc2ccccc2)CC1)c1cc(Br)c[nH]1. The maximum atomic E-state index is 12.3. The number of nitrogens with one attached hydrogen (secondary N) is 2. The summed E-state index contributed by atoms with van der Waals surface area (Å²) in [5.41, 5.74) is 1.05. The Bertz CT molecular complexity index is 813. The third-order valence-corrected chi connectivity index (χ3v) is 4.91. The van der Waals surface area contributed by atoms with Gasteiger partial charge in [-0.3, -0.25) is 9.59 Å². The van der Waals surface area contributed by atoms with Crippen LogP contribution in [0.3, 0.4) is 0 Å². The van der Waals surface area contributed by atoms with Crippen LogP contribution in [0.2, 0.25) is 0 Å². The van der Waals surface area contributed by atoms with Gasteiger partial charge in [0.1, 0.15) is 5.69 Å². The Kier molecular flexibility index (Phi) is 6.28. The van der Waals surface area contributed by atoms with E-state index in [0.717, 1.165) is 10.2 Å². The van der Waals surface area contributed by atoms with Crippen LogP contribution in [-0.2, 0) is 14.3 Å². The minimum atomic E-state index is -0.578. The zero-order valence-corrected chi connectivity index (χ0v) is 16.2. The molecule has 142 valence electrons. The van der Waals surface area contributed by atoms with Crippen molar-refractivity contribution in [3.8, 4) is 0 Å². The first-order valence-electron chi connectivity index (χ1n) is 8.67. The summed E-state index contributed by atoms with van der Waals surface area (Å²) in [6.07, 6.45) is 2.79. The lowest BCUT2D eigenvalue weighted by Crippen LogP contribution is -2.43. The van der Waals surface area contributed by atoms with Crippen molar-refractivity contribution in [3.05, 3.63) is 52.8 Å². The maximum absolute atomic E-state index is 12.3. The van der Waals surface area contributed by atoms with Crippen molar-refractivity contribution < 1.29 is 19.1 Å². The molecule has 1 aliphatic rings. The van der Waals surface area contributed by atoms with E-state index in [0.29, 0.717) is 25.9 Å². The number of aromatic nitrogens is 1. The molecule has 0 spiro atoms. The number of hydrogen-bond donors (Lipinski definition) is 2. The van der Waals surface area contributed by atoms with Crippen molar-refractivity contribution in [1.29, 1.82) is 0 Å². The summed E-state index contributed by atoms with van der Waals surface area (Å²) in [6, 6.07) is 10.9. The number of rotatable bonds is 5. The quantitative estimate of drug-likeness (QED) is 0.709. The Morgan fingerprint density at radius 1 is 1.19 bits per heavy atom. The number of carbonyl (C=O) groups excluding carboxylic acids is 3. The van der Waals surface area contributed by atoms with Gasteiger partial charge in [0.05, 0.1) is 0 Å². The molecule has 8 heteroatoms. The molecular formula is C19H20BrN3O4. The van der Waals surface area contributed by atoms with Crippen molar-refractivity contribution in [2.75, 3.05) is 25.0 Å². The third-order valence-electron chi connectivity index (χ3n) is 4.45. The van der Waals surface area contributed by atoms with Gasteiger partial charge in [-0.2, -0.15) is 0 Å². The van der Waals surface area contributed by atoms with Crippen molar-refractivity contribution in [1.82, 2.24) is 9.88 Å². The fourth-order valence-corrected chi connectivity index (χ4v) is 3.28. The predicted molar refractivity (Wildman–Crippen MR) is 103 cm³/mol. The van der Waals surface area contributed by atoms with Crippen LogP contribution in [0.1, 0.15) is 23.3 Å². The van der Waals surface area contributed by atoms with E-state index in [9.17, 15) is 14.4 Å². The average molecular weight is 434 g/mol. The largest absolute Gasteiger partial charge is 0.451 e. The van der Waals surface area contributed by atoms with Crippen molar-refractivity contribution in [3.63, 3.8) is 0 Å². The number of nitrogens with zero attached hydrogens (tertiary/aromatic N) is 1. The lowest BCUT2D eigenvalue weighted by atomic mass is 9.95. The van der Waals surface area contributed by atoms with Gasteiger partial charge in [0, 0.05) is 35.4 Å². The van der Waals surface area contributed by atoms with E-state index >= 15 is 0 Å². The molecule has 2 N–H and O–H groups in total. The molecule has 3 rings (SSSR count). The van der Waals surface area contributed by atoms with Gasteiger partial charge < -0.3 is 19.9 Å². The molecule has 0 bridgehead atoms. The second-order valence-corrected chi connectivity index (χ2v) is 7.23. The lowest BCUT2D eigenvalue weighted by Gasteiger charge is -2.31. The predicted octanol–water partition coefficient (Wildman–Crippen LogP) is 2.81. The molecular weight excluding hydrogens is 414 g/mol. The number of hydrogen-bond acceptors (Lipinski definition) is 4. The summed E-state index contributed by atoms with van der Waals surface area (Å²) in [5.74, 6) is -0.993. The van der Waals surface area contributed by atoms with Crippen LogP contribution in [-0.4, -0.2) is 47.4 Å². The first kappa shape index (κ1) is 19.2. The van der Waals surface area contributed by atoms with Gasteiger partial charge in [-0.1, -0.05) is 18.2 Å². The summed E-state index contributed by atoms with van der Waals surface area (Å²) < 4.78 is 5.78. The number of anilines is 1. The number of piperidine rings is 1. The molecule has 0 atom stereocenters. The molecule has 1 fully saturated rings. The summed E-state index contributed by atoms with van der Waals surface area (Å²) in [5, 5.41) is 2.90. The summed E-state index contributed by atoms with van der Waals surface area (Å²) >= 11 is 3.23. The topological polar surface area (TPSA) is 91.5 Å². The fourth-order valence-electron chi connectivity index (χ4n) is 2.94. The average Bonchev–Trinajstić information content (AvgIpc) is 3.13. The lowest BCUT2D eigenvalue weighted by molar-refractivity contribution is -0.137. The van der Waals surface area contributed by atoms with Crippen LogP contribution in [0.25, 0.3) is 0 Å². The molecule has 1 aromatic carbocycles. The highest BCUT2D eigenvalue weighted by molar-refractivity contribution is 9.10. The van der Waals surface area contributed by atoms with Crippen molar-refractivity contribution in [2.45, 2.75) is 12.8 Å². The number of amides is 2. The van der Waals surface area contributed by atoms with Gasteiger partial charge in [-0.15, -0.1) is 0 Å². The molecule has 1 aliphatic heterocycles. The number of ether oxygens (including phenoxy) is 1. The number of benzene rings is 1. The van der Waals surface area contributed by atoms with E-state index in [2.05, 4.69) is 26.2 Å². The number of likely N-dealkylation sites (tertiary alicyclic amines) is 1. The smallest absolute Gasteiger partial charge is 0.355 e. The minimum Gasteiger partial charge on any atom is -0.451 e. The standard InChI is InChI=1S/C19H20BrN3O4/c20-14-10-16(21-11-14)19(26)27-12-17(24)23-8-6-13(7-9-23)18(25)22-15-4-2-1-3-5-15/h1-5,10-11,13,21H,6-9,12H2,(H,22,25). The Balaban J connectivity index is 1.42. The maximum Gasteiger partial charge on any atom is 0.355 e. The minimum absolute atomic E-state index is 0.0305. The number of H-pyrrole nitrogens is 1. The van der Waals surface area contributed by atoms with E-state index in [1.54, 1.807) is 17.2 Å². The molecule has 0 aliphatic carbocycles. The summed E-state index contributed by atoms with van der Waals surface area (Å²) in [4.78, 5) is 40.8. The van der Waals surface area contributed by atoms with Crippen LogP contribution < -0.4 is 5.32 Å². The van der Waals surface area contributed by atoms with Gasteiger partial charge in [0.25, 0.3) is 5.91 Å². The van der Waals surface area contributed by atoms with Gasteiger partial charge in [0.15, 0.2) is 6.61 Å². The first-order valence-corrected chi connectivity index (χ1v) is 9.47. The highest BCUT2D eigenvalue weighted by atomic mass is 79.9. The van der Waals surface area contributed by atoms with Crippen LogP contribution >= 0.6 is 15.9 Å². The number of esters is 1. The molecule has 0 saturated carbocycles. The Morgan fingerprint density at radius 3 is 2.52 bits per heavy atom. The zero-order chi connectivity index (χ0) is 19.2. The molecule has 2 heterocycles. The molecule has 1 saturated heterocycles. The Labute approximate surface area is 165 Å². The molecule has 27 heavy (non-hydrogen) atoms. The first-order chi connectivity index (χ1) is 13.0. The zero-order valence-electron chi connectivity index (χ0n) is 14.6. The van der Waals surface area contributed by atoms with Crippen LogP contribution in [0, 0.1) is 5.92 Å². The van der Waals surface area contributed by atoms with Crippen LogP contribution in [0.5, 0.6) is 0 Å². The second kappa shape index (κ2) is 8.85. The molecule has 1 aromatic heterocycles. The van der Waals surface area contributed by atoms with Gasteiger partial charge in [-0.05, 0) is 47.0 Å². The molecule has 7 nitrogen and oxygen atoms in total. The van der Waals surface area contributed by atoms with E-state index in [4.69, 9.17) is 4.74 Å². The van der Waals surface area contributed by atoms with Gasteiger partial charge in [-0.25, -0.2) is 4.79 Å². The van der Waals surface area contributed by atoms with Crippen molar-refractivity contribution >= 4 is 39.4 Å². The van der Waals surface area contributed by atoms with Crippen LogP contribution in [0.15, 0.2) is 47.1 Å². The Hall–Kier alpha value is -2.61. The third kappa shape index (κ3) is 5.19. The highest BCUT2D eigenvalue weighted by Gasteiger charge is 2.28. The molecule has 2 amide bonds. The van der Waals surface area contributed by atoms with Crippen LogP contribution in [0.4, 0.5) is 5.69 Å². The molecule has 0 radical (unpaired) electrons. The number of carbonyl (C=O) groups is 3. The summed E-state index contributed by atoms with van der Waals surface area (Å²) in [6.45, 7) is 0.630. The van der Waals surface area contributed by atoms with E-state index in [-0.39, 0.29) is 30.0 Å². The number of aromatic amines is 1. The second-order valence-electron chi connectivity index (χ2n) is 6.32. The fraction of sp³-hybridized carbons (Fsp3) is 0.316. The Morgan fingerprint density at radius 2 is 1.89 bits per heavy atom. The molecule has 2 aromatic rings. The van der Waals surface area contributed by atoms with E-state index < -0.39 is 5.97 Å². The van der Waals surface area contributed by atoms with E-state index in [1.807, 2.05) is 30.3 Å². The number of para-hydroxylation sites is 1. The number of halogens is 1. The summed E-state index contributed by atoms with van der Waals surface area (Å²) in [7, 11) is 0. The highest BCUT2D eigenvalue weighted by Crippen LogP contribution is 2.20. The molecule has 0 unspecified atom stereocenters.